The van der Waals surface area contributed by atoms with Crippen molar-refractivity contribution < 1.29 is 9.72 Å². The molecule has 0 spiro atoms. The van der Waals surface area contributed by atoms with Crippen LogP contribution in [0.4, 0.5) is 5.69 Å². The third kappa shape index (κ3) is 4.77. The average Bonchev–Trinajstić information content (AvgIpc) is 3.30. The molecule has 9 heteroatoms. The first-order valence-electron chi connectivity index (χ1n) is 10.4. The molecule has 1 fully saturated rings. The summed E-state index contributed by atoms with van der Waals surface area (Å²) in [7, 11) is 0. The second-order valence-electron chi connectivity index (χ2n) is 9.16. The molecule has 3 heterocycles. The van der Waals surface area contributed by atoms with Crippen molar-refractivity contribution in [2.24, 2.45) is 5.41 Å². The molecule has 0 aliphatic carbocycles. The van der Waals surface area contributed by atoms with E-state index in [4.69, 9.17) is 4.98 Å². The fourth-order valence-electron chi connectivity index (χ4n) is 3.89. The Balaban J connectivity index is 1.50. The lowest BCUT2D eigenvalue weighted by molar-refractivity contribution is -0.384. The second-order valence-corrected chi connectivity index (χ2v) is 10.0. The molecule has 0 saturated carbocycles. The van der Waals surface area contributed by atoms with Gasteiger partial charge in [-0.15, -0.1) is 11.3 Å². The highest BCUT2D eigenvalue weighted by molar-refractivity contribution is 7.15. The average molecular weight is 442 g/mol. The number of hydrogen-bond donors (Lipinski definition) is 0. The Morgan fingerprint density at radius 3 is 2.45 bits per heavy atom. The summed E-state index contributed by atoms with van der Waals surface area (Å²) in [6, 6.07) is 6.56. The highest BCUT2D eigenvalue weighted by Crippen LogP contribution is 2.29. The normalized spacial score (nSPS) is 15.5. The Labute approximate surface area is 185 Å². The molecule has 164 valence electrons. The highest BCUT2D eigenvalue weighted by atomic mass is 32.1. The van der Waals surface area contributed by atoms with Crippen molar-refractivity contribution in [2.45, 2.75) is 33.7 Å². The molecule has 8 nitrogen and oxygen atoms in total. The molecule has 1 aliphatic heterocycles. The van der Waals surface area contributed by atoms with Crippen molar-refractivity contribution in [2.75, 3.05) is 26.2 Å². The number of aromatic nitrogens is 2. The van der Waals surface area contributed by atoms with Crippen molar-refractivity contribution in [3.05, 3.63) is 51.7 Å². The van der Waals surface area contributed by atoms with Gasteiger partial charge in [0, 0.05) is 68.4 Å². The number of nitro groups is 1. The molecule has 0 N–H and O–H groups in total. The zero-order valence-corrected chi connectivity index (χ0v) is 18.9. The summed E-state index contributed by atoms with van der Waals surface area (Å²) in [5.41, 5.74) is 2.86. The van der Waals surface area contributed by atoms with Crippen LogP contribution in [0.3, 0.4) is 0 Å². The van der Waals surface area contributed by atoms with Gasteiger partial charge < -0.3 is 4.90 Å². The van der Waals surface area contributed by atoms with Crippen LogP contribution in [0.15, 0.2) is 35.8 Å². The molecule has 31 heavy (non-hydrogen) atoms. The van der Waals surface area contributed by atoms with Crippen LogP contribution in [0.25, 0.3) is 16.2 Å². The molecule has 1 saturated heterocycles. The molecule has 0 atom stereocenters. The van der Waals surface area contributed by atoms with Gasteiger partial charge in [-0.3, -0.25) is 24.2 Å². The van der Waals surface area contributed by atoms with Crippen molar-refractivity contribution >= 4 is 27.9 Å². The maximum Gasteiger partial charge on any atom is 0.269 e. The smallest absolute Gasteiger partial charge is 0.269 e. The molecule has 0 radical (unpaired) electrons. The van der Waals surface area contributed by atoms with Gasteiger partial charge in [-0.25, -0.2) is 4.98 Å². The number of fused-ring (bicyclic) bond motifs is 1. The van der Waals surface area contributed by atoms with Crippen molar-refractivity contribution in [1.82, 2.24) is 19.2 Å². The number of nitrogens with zero attached hydrogens (tertiary/aromatic N) is 5. The lowest BCUT2D eigenvalue weighted by Crippen LogP contribution is -2.49. The third-order valence-corrected chi connectivity index (χ3v) is 6.25. The molecule has 3 aromatic rings. The van der Waals surface area contributed by atoms with Crippen LogP contribution in [0.1, 0.15) is 32.9 Å². The van der Waals surface area contributed by atoms with E-state index in [1.165, 1.54) is 12.1 Å². The number of amides is 1. The Morgan fingerprint density at radius 1 is 1.16 bits per heavy atom. The van der Waals surface area contributed by atoms with Gasteiger partial charge >= 0.3 is 0 Å². The number of non-ortho nitro benzene ring substituents is 1. The Morgan fingerprint density at radius 2 is 1.84 bits per heavy atom. The van der Waals surface area contributed by atoms with E-state index in [0.29, 0.717) is 13.0 Å². The lowest BCUT2D eigenvalue weighted by Gasteiger charge is -2.36. The largest absolute Gasteiger partial charge is 0.340 e. The number of carbonyl (C=O) groups is 1. The van der Waals surface area contributed by atoms with Gasteiger partial charge in [0.05, 0.1) is 16.3 Å². The Kier molecular flexibility index (Phi) is 5.81. The van der Waals surface area contributed by atoms with Gasteiger partial charge in [0.2, 0.25) is 5.91 Å². The van der Waals surface area contributed by atoms with Crippen molar-refractivity contribution in [3.63, 3.8) is 0 Å². The minimum atomic E-state index is -0.392. The van der Waals surface area contributed by atoms with E-state index in [2.05, 4.69) is 30.1 Å². The van der Waals surface area contributed by atoms with Crippen LogP contribution in [-0.2, 0) is 11.3 Å². The molecule has 0 unspecified atom stereocenters. The molecule has 4 rings (SSSR count). The van der Waals surface area contributed by atoms with Crippen LogP contribution < -0.4 is 0 Å². The lowest BCUT2D eigenvalue weighted by atomic mass is 9.91. The van der Waals surface area contributed by atoms with E-state index in [0.717, 1.165) is 48.1 Å². The molecule has 0 bridgehead atoms. The van der Waals surface area contributed by atoms with Gasteiger partial charge in [0.1, 0.15) is 0 Å². The highest BCUT2D eigenvalue weighted by Gasteiger charge is 2.26. The van der Waals surface area contributed by atoms with Crippen LogP contribution in [0.5, 0.6) is 0 Å². The molecule has 1 aromatic carbocycles. The number of thiazole rings is 1. The first kappa shape index (κ1) is 21.5. The molecule has 1 amide bonds. The van der Waals surface area contributed by atoms with Crippen LogP contribution >= 0.6 is 11.3 Å². The second kappa shape index (κ2) is 8.39. The number of nitro benzene ring substituents is 1. The van der Waals surface area contributed by atoms with E-state index in [-0.39, 0.29) is 17.0 Å². The molecular formula is C22H27N5O3S. The minimum absolute atomic E-state index is 0.00394. The SMILES string of the molecule is CC(C)(C)CC(=O)N1CCN(Cc2c(-c3ccc([N+](=O)[O-])cc3)nc3sccn23)CC1. The fourth-order valence-corrected chi connectivity index (χ4v) is 4.62. The van der Waals surface area contributed by atoms with Crippen LogP contribution in [0, 0.1) is 15.5 Å². The van der Waals surface area contributed by atoms with E-state index in [1.54, 1.807) is 23.5 Å². The predicted molar refractivity (Wildman–Crippen MR) is 121 cm³/mol. The topological polar surface area (TPSA) is 84.0 Å². The summed E-state index contributed by atoms with van der Waals surface area (Å²) in [5.74, 6) is 0.225. The van der Waals surface area contributed by atoms with E-state index in [1.807, 2.05) is 16.5 Å². The maximum atomic E-state index is 12.5. The number of carbonyl (C=O) groups excluding carboxylic acids is 1. The van der Waals surface area contributed by atoms with E-state index in [9.17, 15) is 14.9 Å². The number of benzene rings is 1. The van der Waals surface area contributed by atoms with Crippen LogP contribution in [0.2, 0.25) is 0 Å². The zero-order chi connectivity index (χ0) is 22.2. The van der Waals surface area contributed by atoms with Gasteiger partial charge in [-0.05, 0) is 17.5 Å². The number of hydrogen-bond acceptors (Lipinski definition) is 6. The van der Waals surface area contributed by atoms with Crippen molar-refractivity contribution in [1.29, 1.82) is 0 Å². The summed E-state index contributed by atoms with van der Waals surface area (Å²) >= 11 is 1.57. The third-order valence-electron chi connectivity index (χ3n) is 5.49. The van der Waals surface area contributed by atoms with E-state index < -0.39 is 4.92 Å². The summed E-state index contributed by atoms with van der Waals surface area (Å²) in [5, 5.41) is 13.0. The maximum absolute atomic E-state index is 12.5. The summed E-state index contributed by atoms with van der Waals surface area (Å²) in [4.78, 5) is 33.1. The summed E-state index contributed by atoms with van der Waals surface area (Å²) in [6.45, 7) is 10.1. The standard InChI is InChI=1S/C22H27N5O3S/c1-22(2,3)14-19(28)25-10-8-24(9-11-25)15-18-20(23-21-26(18)12-13-31-21)16-4-6-17(7-5-16)27(29)30/h4-7,12-13H,8-11,14-15H2,1-3H3. The van der Waals surface area contributed by atoms with Gasteiger partial charge in [-0.1, -0.05) is 20.8 Å². The number of rotatable bonds is 5. The van der Waals surface area contributed by atoms with Crippen molar-refractivity contribution in [3.8, 4) is 11.3 Å². The van der Waals surface area contributed by atoms with Gasteiger partial charge in [-0.2, -0.15) is 0 Å². The van der Waals surface area contributed by atoms with Crippen LogP contribution in [-0.4, -0.2) is 56.2 Å². The Bertz CT molecular complexity index is 1090. The Hall–Kier alpha value is -2.78. The van der Waals surface area contributed by atoms with Gasteiger partial charge in [0.25, 0.3) is 5.69 Å². The van der Waals surface area contributed by atoms with E-state index >= 15 is 0 Å². The molecular weight excluding hydrogens is 414 g/mol. The summed E-state index contributed by atoms with van der Waals surface area (Å²) < 4.78 is 2.10. The zero-order valence-electron chi connectivity index (χ0n) is 18.1. The van der Waals surface area contributed by atoms with Gasteiger partial charge in [0.15, 0.2) is 4.96 Å². The minimum Gasteiger partial charge on any atom is -0.340 e. The monoisotopic (exact) mass is 441 g/mol. The molecule has 1 aliphatic rings. The summed E-state index contributed by atoms with van der Waals surface area (Å²) in [6.07, 6.45) is 2.58. The fraction of sp³-hybridized carbons (Fsp3) is 0.455. The number of imidazole rings is 1. The predicted octanol–water partition coefficient (Wildman–Crippen LogP) is 4.05. The molecule has 2 aromatic heterocycles. The first-order valence-corrected chi connectivity index (χ1v) is 11.3. The quantitative estimate of drug-likeness (QED) is 0.441. The first-order chi connectivity index (χ1) is 14.7. The number of piperazine rings is 1.